The molecule has 0 radical (unpaired) electrons. The molecule has 1 N–H and O–H groups in total. The molecule has 0 aromatic heterocycles. The van der Waals surface area contributed by atoms with E-state index >= 15 is 0 Å². The van der Waals surface area contributed by atoms with Gasteiger partial charge in [0.1, 0.15) is 5.71 Å². The first kappa shape index (κ1) is 12.3. The number of hydroxylamine groups is 1. The van der Waals surface area contributed by atoms with Crippen LogP contribution in [-0.4, -0.2) is 33.4 Å². The van der Waals surface area contributed by atoms with Gasteiger partial charge in [-0.2, -0.15) is 4.74 Å². The SMILES string of the molecule is CC1(CCC(=O)O)N=C(c2ccccc2)C=[N+]1[O-]. The van der Waals surface area contributed by atoms with Gasteiger partial charge in [-0.15, -0.1) is 0 Å². The number of rotatable bonds is 4. The molecule has 1 aliphatic rings. The van der Waals surface area contributed by atoms with Crippen LogP contribution in [0.1, 0.15) is 25.3 Å². The molecule has 0 bridgehead atoms. The number of aliphatic imine (C=N–C) groups is 1. The van der Waals surface area contributed by atoms with Gasteiger partial charge in [0.2, 0.25) is 6.21 Å². The standard InChI is InChI=1S/C13H14N2O3/c1-13(8-7-12(16)17)14-11(9-15(13)18)10-5-3-2-4-6-10/h2-6,9H,7-8H2,1H3,(H,16,17). The van der Waals surface area contributed by atoms with Crippen LogP contribution in [-0.2, 0) is 4.79 Å². The summed E-state index contributed by atoms with van der Waals surface area (Å²) in [6.45, 7) is 1.65. The van der Waals surface area contributed by atoms with Gasteiger partial charge in [0.25, 0.3) is 5.66 Å². The third-order valence-electron chi connectivity index (χ3n) is 2.96. The molecule has 0 amide bonds. The molecule has 5 heteroatoms. The monoisotopic (exact) mass is 246 g/mol. The normalized spacial score (nSPS) is 22.5. The molecule has 1 aliphatic heterocycles. The zero-order chi connectivity index (χ0) is 13.2. The molecule has 1 atom stereocenters. The second kappa shape index (κ2) is 4.60. The highest BCUT2D eigenvalue weighted by Crippen LogP contribution is 2.23. The molecule has 94 valence electrons. The van der Waals surface area contributed by atoms with E-state index in [-0.39, 0.29) is 12.8 Å². The fourth-order valence-corrected chi connectivity index (χ4v) is 1.85. The van der Waals surface area contributed by atoms with E-state index in [1.165, 1.54) is 6.21 Å². The molecule has 0 saturated heterocycles. The lowest BCUT2D eigenvalue weighted by molar-refractivity contribution is -0.535. The Kier molecular flexibility index (Phi) is 3.14. The lowest BCUT2D eigenvalue weighted by Gasteiger charge is -2.19. The van der Waals surface area contributed by atoms with Gasteiger partial charge >= 0.3 is 5.97 Å². The van der Waals surface area contributed by atoms with E-state index in [0.29, 0.717) is 5.71 Å². The fourth-order valence-electron chi connectivity index (χ4n) is 1.85. The molecule has 0 saturated carbocycles. The first-order valence-electron chi connectivity index (χ1n) is 5.70. The van der Waals surface area contributed by atoms with Crippen molar-refractivity contribution in [3.05, 3.63) is 41.1 Å². The van der Waals surface area contributed by atoms with Crippen LogP contribution in [0.5, 0.6) is 0 Å². The number of hydrogen-bond donors (Lipinski definition) is 1. The maximum atomic E-state index is 11.8. The highest BCUT2D eigenvalue weighted by Gasteiger charge is 2.38. The van der Waals surface area contributed by atoms with Gasteiger partial charge in [0.15, 0.2) is 0 Å². The van der Waals surface area contributed by atoms with E-state index in [1.807, 2.05) is 30.3 Å². The van der Waals surface area contributed by atoms with E-state index in [1.54, 1.807) is 6.92 Å². The van der Waals surface area contributed by atoms with Crippen LogP contribution in [0.3, 0.4) is 0 Å². The Bertz CT molecular complexity index is 522. The van der Waals surface area contributed by atoms with Crippen molar-refractivity contribution in [1.29, 1.82) is 0 Å². The van der Waals surface area contributed by atoms with Crippen molar-refractivity contribution in [3.8, 4) is 0 Å². The summed E-state index contributed by atoms with van der Waals surface area (Å²) < 4.78 is 0.734. The molecular formula is C13H14N2O3. The quantitative estimate of drug-likeness (QED) is 0.648. The summed E-state index contributed by atoms with van der Waals surface area (Å²) in [5.41, 5.74) is 0.444. The number of carboxylic acid groups (broad SMARTS) is 1. The summed E-state index contributed by atoms with van der Waals surface area (Å²) in [5, 5.41) is 20.5. The molecule has 2 rings (SSSR count). The van der Waals surface area contributed by atoms with Crippen LogP contribution in [0.2, 0.25) is 0 Å². The van der Waals surface area contributed by atoms with Crippen LogP contribution < -0.4 is 0 Å². The highest BCUT2D eigenvalue weighted by molar-refractivity contribution is 6.37. The van der Waals surface area contributed by atoms with Crippen molar-refractivity contribution >= 4 is 17.9 Å². The van der Waals surface area contributed by atoms with Gasteiger partial charge in [0.05, 0.1) is 6.42 Å². The average Bonchev–Trinajstić information content (AvgIpc) is 2.65. The Morgan fingerprint density at radius 3 is 2.72 bits per heavy atom. The molecule has 1 unspecified atom stereocenters. The Hall–Kier alpha value is -2.17. The fraction of sp³-hybridized carbons (Fsp3) is 0.308. The summed E-state index contributed by atoms with van der Waals surface area (Å²) >= 11 is 0. The highest BCUT2D eigenvalue weighted by atomic mass is 16.5. The van der Waals surface area contributed by atoms with E-state index < -0.39 is 11.6 Å². The van der Waals surface area contributed by atoms with Gasteiger partial charge in [0, 0.05) is 18.9 Å². The first-order valence-corrected chi connectivity index (χ1v) is 5.70. The van der Waals surface area contributed by atoms with Crippen molar-refractivity contribution in [2.75, 3.05) is 0 Å². The Balaban J connectivity index is 2.24. The topological polar surface area (TPSA) is 75.7 Å². The molecule has 0 aliphatic carbocycles. The average molecular weight is 246 g/mol. The van der Waals surface area contributed by atoms with Crippen molar-refractivity contribution in [2.24, 2.45) is 4.99 Å². The van der Waals surface area contributed by atoms with Crippen molar-refractivity contribution in [1.82, 2.24) is 0 Å². The molecule has 0 spiro atoms. The number of aliphatic carboxylic acids is 1. The predicted octanol–water partition coefficient (Wildman–Crippen LogP) is 1.65. The molecule has 1 heterocycles. The van der Waals surface area contributed by atoms with Crippen LogP contribution in [0, 0.1) is 5.21 Å². The van der Waals surface area contributed by atoms with Crippen LogP contribution in [0.4, 0.5) is 0 Å². The van der Waals surface area contributed by atoms with Crippen LogP contribution >= 0.6 is 0 Å². The number of benzene rings is 1. The van der Waals surface area contributed by atoms with Gasteiger partial charge < -0.3 is 10.3 Å². The minimum absolute atomic E-state index is 0.0748. The second-order valence-electron chi connectivity index (χ2n) is 4.43. The molecule has 1 aromatic carbocycles. The number of carbonyl (C=O) groups is 1. The molecule has 1 aromatic rings. The largest absolute Gasteiger partial charge is 0.622 e. The number of hydrogen-bond acceptors (Lipinski definition) is 3. The number of nitrogens with zero attached hydrogens (tertiary/aromatic N) is 2. The van der Waals surface area contributed by atoms with Crippen LogP contribution in [0.25, 0.3) is 0 Å². The summed E-state index contributed by atoms with van der Waals surface area (Å²) in [7, 11) is 0. The minimum Gasteiger partial charge on any atom is -0.622 e. The zero-order valence-electron chi connectivity index (χ0n) is 10.0. The molecule has 0 fully saturated rings. The Labute approximate surface area is 105 Å². The molecule has 18 heavy (non-hydrogen) atoms. The van der Waals surface area contributed by atoms with E-state index in [9.17, 15) is 10.0 Å². The smallest absolute Gasteiger partial charge is 0.303 e. The van der Waals surface area contributed by atoms with Gasteiger partial charge in [-0.1, -0.05) is 30.3 Å². The first-order chi connectivity index (χ1) is 8.51. The van der Waals surface area contributed by atoms with Crippen molar-refractivity contribution < 1.29 is 14.6 Å². The van der Waals surface area contributed by atoms with E-state index in [0.717, 1.165) is 10.3 Å². The zero-order valence-corrected chi connectivity index (χ0v) is 10.0. The Morgan fingerprint density at radius 1 is 1.44 bits per heavy atom. The third kappa shape index (κ3) is 2.40. The number of carboxylic acids is 1. The maximum absolute atomic E-state index is 11.8. The van der Waals surface area contributed by atoms with Gasteiger partial charge in [-0.05, 0) is 0 Å². The summed E-state index contributed by atoms with van der Waals surface area (Å²) in [6, 6.07) is 9.36. The van der Waals surface area contributed by atoms with E-state index in [2.05, 4.69) is 4.99 Å². The molecule has 5 nitrogen and oxygen atoms in total. The predicted molar refractivity (Wildman–Crippen MR) is 67.9 cm³/mol. The van der Waals surface area contributed by atoms with Gasteiger partial charge in [-0.3, -0.25) is 4.79 Å². The maximum Gasteiger partial charge on any atom is 0.303 e. The van der Waals surface area contributed by atoms with E-state index in [4.69, 9.17) is 5.11 Å². The minimum atomic E-state index is -1.01. The van der Waals surface area contributed by atoms with Gasteiger partial charge in [-0.25, -0.2) is 4.99 Å². The van der Waals surface area contributed by atoms with Crippen molar-refractivity contribution in [2.45, 2.75) is 25.4 Å². The summed E-state index contributed by atoms with van der Waals surface area (Å²) in [4.78, 5) is 14.9. The van der Waals surface area contributed by atoms with Crippen LogP contribution in [0.15, 0.2) is 35.3 Å². The summed E-state index contributed by atoms with van der Waals surface area (Å²) in [5.74, 6) is -0.923. The Morgan fingerprint density at radius 2 is 2.11 bits per heavy atom. The lowest BCUT2D eigenvalue weighted by Crippen LogP contribution is -2.31. The lowest BCUT2D eigenvalue weighted by atomic mass is 10.1. The molecular weight excluding hydrogens is 232 g/mol. The second-order valence-corrected chi connectivity index (χ2v) is 4.43. The van der Waals surface area contributed by atoms with Crippen molar-refractivity contribution in [3.63, 3.8) is 0 Å². The summed E-state index contributed by atoms with van der Waals surface area (Å²) in [6.07, 6.45) is 1.53. The third-order valence-corrected chi connectivity index (χ3v) is 2.96.